The molecule has 92 valence electrons. The summed E-state index contributed by atoms with van der Waals surface area (Å²) in [5, 5.41) is 3.31. The van der Waals surface area contributed by atoms with Crippen LogP contribution in [-0.2, 0) is 19.4 Å². The molecule has 0 saturated carbocycles. The Bertz CT molecular complexity index is 606. The van der Waals surface area contributed by atoms with E-state index < -0.39 is 0 Å². The third kappa shape index (κ3) is 2.32. The number of aromatic amines is 1. The topological polar surface area (TPSA) is 53.6 Å². The zero-order valence-corrected chi connectivity index (χ0v) is 10.8. The Balaban J connectivity index is 1.94. The first-order valence-corrected chi connectivity index (χ1v) is 6.45. The van der Waals surface area contributed by atoms with Crippen molar-refractivity contribution < 1.29 is 0 Å². The third-order valence-electron chi connectivity index (χ3n) is 3.08. The van der Waals surface area contributed by atoms with Crippen molar-refractivity contribution in [2.45, 2.75) is 19.4 Å². The molecular formula is C13H14N4S. The van der Waals surface area contributed by atoms with Crippen LogP contribution in [0.15, 0.2) is 24.4 Å². The Hall–Kier alpha value is -1.59. The fourth-order valence-electron chi connectivity index (χ4n) is 2.18. The summed E-state index contributed by atoms with van der Waals surface area (Å²) in [5.74, 6) is 0.902. The van der Waals surface area contributed by atoms with Crippen LogP contribution in [0.1, 0.15) is 22.8 Å². The highest BCUT2D eigenvalue weighted by atomic mass is 32.1. The molecule has 2 aromatic heterocycles. The Morgan fingerprint density at radius 2 is 2.28 bits per heavy atom. The van der Waals surface area contributed by atoms with Crippen LogP contribution in [0.5, 0.6) is 0 Å². The maximum Gasteiger partial charge on any atom is 0.134 e. The number of nitrogens with one attached hydrogen (secondary N) is 2. The number of H-pyrrole nitrogens is 1. The molecule has 4 nitrogen and oxygen atoms in total. The van der Waals surface area contributed by atoms with Gasteiger partial charge in [0.2, 0.25) is 0 Å². The first-order chi connectivity index (χ1) is 8.83. The van der Waals surface area contributed by atoms with Gasteiger partial charge in [0.05, 0.1) is 0 Å². The van der Waals surface area contributed by atoms with E-state index in [2.05, 4.69) is 20.3 Å². The first kappa shape index (κ1) is 11.5. The predicted molar refractivity (Wildman–Crippen MR) is 71.9 cm³/mol. The summed E-state index contributed by atoms with van der Waals surface area (Å²) in [5.41, 5.74) is 3.37. The summed E-state index contributed by atoms with van der Waals surface area (Å²) in [6.45, 7) is 1.81. The van der Waals surface area contributed by atoms with Gasteiger partial charge in [-0.25, -0.2) is 4.98 Å². The number of hydrogen-bond donors (Lipinski definition) is 2. The smallest absolute Gasteiger partial charge is 0.134 e. The van der Waals surface area contributed by atoms with Crippen LogP contribution in [0.25, 0.3) is 0 Å². The van der Waals surface area contributed by atoms with E-state index in [-0.39, 0.29) is 0 Å². The molecular weight excluding hydrogens is 244 g/mol. The van der Waals surface area contributed by atoms with Gasteiger partial charge in [-0.05, 0) is 12.1 Å². The zero-order valence-electron chi connectivity index (χ0n) is 9.94. The molecule has 5 heteroatoms. The van der Waals surface area contributed by atoms with Crippen molar-refractivity contribution in [2.24, 2.45) is 0 Å². The van der Waals surface area contributed by atoms with E-state index in [9.17, 15) is 0 Å². The lowest BCUT2D eigenvalue weighted by atomic mass is 10.1. The Morgan fingerprint density at radius 3 is 3.11 bits per heavy atom. The molecule has 0 saturated heterocycles. The van der Waals surface area contributed by atoms with E-state index in [1.165, 1.54) is 5.69 Å². The standard InChI is InChI=1S/C13H14N4S/c18-13-10-8-14-6-4-11(10)16-12(17-13)7-9-3-1-2-5-15-9/h1-3,5,14H,4,6-8H2,(H,16,17,18). The second-order valence-corrected chi connectivity index (χ2v) is 4.76. The van der Waals surface area contributed by atoms with Gasteiger partial charge in [0.25, 0.3) is 0 Å². The SMILES string of the molecule is S=c1nc(Cc2ccccn2)[nH]c2c1CNCC2. The molecule has 2 aromatic rings. The van der Waals surface area contributed by atoms with Gasteiger partial charge in [-0.1, -0.05) is 18.3 Å². The van der Waals surface area contributed by atoms with E-state index in [1.807, 2.05) is 18.2 Å². The predicted octanol–water partition coefficient (Wildman–Crippen LogP) is 1.77. The highest BCUT2D eigenvalue weighted by molar-refractivity contribution is 7.71. The van der Waals surface area contributed by atoms with Gasteiger partial charge in [0.15, 0.2) is 0 Å². The van der Waals surface area contributed by atoms with E-state index in [4.69, 9.17) is 12.2 Å². The van der Waals surface area contributed by atoms with Crippen molar-refractivity contribution >= 4 is 12.2 Å². The van der Waals surface area contributed by atoms with E-state index >= 15 is 0 Å². The van der Waals surface area contributed by atoms with Crippen molar-refractivity contribution in [3.8, 4) is 0 Å². The minimum Gasteiger partial charge on any atom is -0.346 e. The number of aromatic nitrogens is 3. The van der Waals surface area contributed by atoms with Crippen LogP contribution in [0.4, 0.5) is 0 Å². The van der Waals surface area contributed by atoms with Gasteiger partial charge in [-0.2, -0.15) is 0 Å². The van der Waals surface area contributed by atoms with E-state index in [0.29, 0.717) is 11.1 Å². The van der Waals surface area contributed by atoms with Gasteiger partial charge in [0, 0.05) is 49.1 Å². The molecule has 0 bridgehead atoms. The first-order valence-electron chi connectivity index (χ1n) is 6.04. The monoisotopic (exact) mass is 258 g/mol. The van der Waals surface area contributed by atoms with Crippen molar-refractivity contribution in [1.82, 2.24) is 20.3 Å². The number of nitrogens with zero attached hydrogens (tertiary/aromatic N) is 2. The highest BCUT2D eigenvalue weighted by Crippen LogP contribution is 2.13. The molecule has 0 fully saturated rings. The van der Waals surface area contributed by atoms with Gasteiger partial charge < -0.3 is 10.3 Å². The lowest BCUT2D eigenvalue weighted by Crippen LogP contribution is -2.26. The maximum absolute atomic E-state index is 5.35. The van der Waals surface area contributed by atoms with Crippen LogP contribution in [-0.4, -0.2) is 21.5 Å². The number of fused-ring (bicyclic) bond motifs is 1. The molecule has 18 heavy (non-hydrogen) atoms. The second-order valence-electron chi connectivity index (χ2n) is 4.37. The van der Waals surface area contributed by atoms with Crippen molar-refractivity contribution in [3.05, 3.63) is 51.8 Å². The molecule has 0 aliphatic carbocycles. The summed E-state index contributed by atoms with van der Waals surface area (Å²) in [6, 6.07) is 5.90. The van der Waals surface area contributed by atoms with Crippen LogP contribution < -0.4 is 5.32 Å². The van der Waals surface area contributed by atoms with Crippen molar-refractivity contribution in [3.63, 3.8) is 0 Å². The average molecular weight is 258 g/mol. The van der Waals surface area contributed by atoms with Gasteiger partial charge in [-0.3, -0.25) is 4.98 Å². The number of rotatable bonds is 2. The molecule has 3 rings (SSSR count). The van der Waals surface area contributed by atoms with Crippen molar-refractivity contribution in [1.29, 1.82) is 0 Å². The highest BCUT2D eigenvalue weighted by Gasteiger charge is 2.12. The average Bonchev–Trinajstić information content (AvgIpc) is 2.40. The number of hydrogen-bond acceptors (Lipinski definition) is 4. The fourth-order valence-corrected chi connectivity index (χ4v) is 2.48. The Kier molecular flexibility index (Phi) is 3.17. The molecule has 1 aliphatic heterocycles. The van der Waals surface area contributed by atoms with E-state index in [0.717, 1.165) is 36.6 Å². The fraction of sp³-hybridized carbons (Fsp3) is 0.308. The van der Waals surface area contributed by atoms with Crippen LogP contribution in [0.3, 0.4) is 0 Å². The molecule has 1 aliphatic rings. The normalized spacial score (nSPS) is 14.2. The molecule has 0 aromatic carbocycles. The molecule has 0 spiro atoms. The van der Waals surface area contributed by atoms with Gasteiger partial charge >= 0.3 is 0 Å². The quantitative estimate of drug-likeness (QED) is 0.806. The number of pyridine rings is 1. The molecule has 0 unspecified atom stereocenters. The Morgan fingerprint density at radius 1 is 1.33 bits per heavy atom. The molecule has 0 amide bonds. The molecule has 3 heterocycles. The Labute approximate surface area is 111 Å². The lowest BCUT2D eigenvalue weighted by molar-refractivity contribution is 0.618. The largest absolute Gasteiger partial charge is 0.346 e. The lowest BCUT2D eigenvalue weighted by Gasteiger charge is -2.17. The summed E-state index contributed by atoms with van der Waals surface area (Å²) < 4.78 is 0.710. The summed E-state index contributed by atoms with van der Waals surface area (Å²) in [6.07, 6.45) is 3.48. The molecule has 2 N–H and O–H groups in total. The van der Waals surface area contributed by atoms with Crippen LogP contribution in [0.2, 0.25) is 0 Å². The van der Waals surface area contributed by atoms with Gasteiger partial charge in [0.1, 0.15) is 10.5 Å². The third-order valence-corrected chi connectivity index (χ3v) is 3.42. The van der Waals surface area contributed by atoms with Crippen LogP contribution >= 0.6 is 12.2 Å². The van der Waals surface area contributed by atoms with Gasteiger partial charge in [-0.15, -0.1) is 0 Å². The molecule has 0 atom stereocenters. The second kappa shape index (κ2) is 4.96. The van der Waals surface area contributed by atoms with E-state index in [1.54, 1.807) is 6.20 Å². The maximum atomic E-state index is 5.35. The molecule has 0 radical (unpaired) electrons. The zero-order chi connectivity index (χ0) is 12.4. The van der Waals surface area contributed by atoms with Crippen molar-refractivity contribution in [2.75, 3.05) is 6.54 Å². The summed E-state index contributed by atoms with van der Waals surface area (Å²) in [7, 11) is 0. The summed E-state index contributed by atoms with van der Waals surface area (Å²) in [4.78, 5) is 12.2. The summed E-state index contributed by atoms with van der Waals surface area (Å²) >= 11 is 5.35. The minimum atomic E-state index is 0.700. The van der Waals surface area contributed by atoms with Crippen LogP contribution in [0, 0.1) is 4.64 Å². The minimum absolute atomic E-state index is 0.700.